The fourth-order valence-corrected chi connectivity index (χ4v) is 3.50. The Morgan fingerprint density at radius 3 is 2.46 bits per heavy atom. The molecule has 1 saturated heterocycles. The maximum Gasteiger partial charge on any atom is 0.225 e. The topological polar surface area (TPSA) is 50.3 Å². The Morgan fingerprint density at radius 2 is 1.79 bits per heavy atom. The number of benzene rings is 2. The van der Waals surface area contributed by atoms with Gasteiger partial charge in [-0.25, -0.2) is 4.98 Å². The van der Waals surface area contributed by atoms with Crippen LogP contribution < -0.4 is 10.2 Å². The lowest BCUT2D eigenvalue weighted by Gasteiger charge is -2.23. The van der Waals surface area contributed by atoms with Gasteiger partial charge in [0.05, 0.1) is 11.8 Å². The molecule has 3 aromatic rings. The average Bonchev–Trinajstić information content (AvgIpc) is 3.28. The smallest absolute Gasteiger partial charge is 0.225 e. The first kappa shape index (κ1) is 18.4. The normalized spacial score (nSPS) is 16.1. The standard InChI is InChI=1S/C23H26N4O/c1-2-27(19-12-7-4-8-13-19)22-16-21(18-10-5-3-6-11-18)25-23(26-22)24-17-20-14-9-15-28-20/h3-8,10-13,16,20H,2,9,14-15,17H2,1H3,(H,24,25,26). The molecule has 1 atom stereocenters. The third-order valence-corrected chi connectivity index (χ3v) is 4.95. The van der Waals surface area contributed by atoms with Gasteiger partial charge in [0.15, 0.2) is 0 Å². The molecule has 28 heavy (non-hydrogen) atoms. The van der Waals surface area contributed by atoms with Crippen molar-refractivity contribution in [3.8, 4) is 11.3 Å². The zero-order valence-corrected chi connectivity index (χ0v) is 16.2. The fourth-order valence-electron chi connectivity index (χ4n) is 3.50. The number of para-hydroxylation sites is 1. The van der Waals surface area contributed by atoms with E-state index in [-0.39, 0.29) is 6.10 Å². The molecule has 0 amide bonds. The molecule has 1 aliphatic rings. The van der Waals surface area contributed by atoms with Gasteiger partial charge >= 0.3 is 0 Å². The van der Waals surface area contributed by atoms with Gasteiger partial charge in [0, 0.05) is 37.0 Å². The predicted molar refractivity (Wildman–Crippen MR) is 114 cm³/mol. The predicted octanol–water partition coefficient (Wildman–Crippen LogP) is 4.89. The van der Waals surface area contributed by atoms with E-state index in [4.69, 9.17) is 14.7 Å². The SMILES string of the molecule is CCN(c1ccccc1)c1cc(-c2ccccc2)nc(NCC2CCCO2)n1. The van der Waals surface area contributed by atoms with E-state index in [0.717, 1.165) is 55.3 Å². The van der Waals surface area contributed by atoms with Crippen LogP contribution in [0, 0.1) is 0 Å². The number of anilines is 3. The highest BCUT2D eigenvalue weighted by Crippen LogP contribution is 2.28. The van der Waals surface area contributed by atoms with E-state index < -0.39 is 0 Å². The second-order valence-electron chi connectivity index (χ2n) is 6.90. The van der Waals surface area contributed by atoms with Crippen molar-refractivity contribution in [2.75, 3.05) is 29.9 Å². The van der Waals surface area contributed by atoms with Crippen molar-refractivity contribution in [2.24, 2.45) is 0 Å². The molecule has 0 aliphatic carbocycles. The van der Waals surface area contributed by atoms with Crippen molar-refractivity contribution in [1.29, 1.82) is 0 Å². The Kier molecular flexibility index (Phi) is 5.83. The van der Waals surface area contributed by atoms with E-state index in [1.54, 1.807) is 0 Å². The van der Waals surface area contributed by atoms with Crippen molar-refractivity contribution in [3.05, 3.63) is 66.7 Å². The molecule has 1 unspecified atom stereocenters. The summed E-state index contributed by atoms with van der Waals surface area (Å²) in [6.45, 7) is 4.53. The summed E-state index contributed by atoms with van der Waals surface area (Å²) in [5.74, 6) is 1.53. The van der Waals surface area contributed by atoms with Crippen LogP contribution in [-0.2, 0) is 4.74 Å². The van der Waals surface area contributed by atoms with Crippen LogP contribution in [0.1, 0.15) is 19.8 Å². The van der Waals surface area contributed by atoms with E-state index in [0.29, 0.717) is 5.95 Å². The van der Waals surface area contributed by atoms with Gasteiger partial charge in [-0.2, -0.15) is 4.98 Å². The molecule has 2 aromatic carbocycles. The maximum atomic E-state index is 5.73. The largest absolute Gasteiger partial charge is 0.376 e. The molecular weight excluding hydrogens is 348 g/mol. The first-order chi connectivity index (χ1) is 13.8. The van der Waals surface area contributed by atoms with Gasteiger partial charge in [-0.05, 0) is 31.9 Å². The summed E-state index contributed by atoms with van der Waals surface area (Å²) in [6, 6.07) is 22.6. The number of nitrogens with one attached hydrogen (secondary N) is 1. The van der Waals surface area contributed by atoms with Gasteiger partial charge in [0.25, 0.3) is 0 Å². The van der Waals surface area contributed by atoms with Crippen LogP contribution in [0.15, 0.2) is 66.7 Å². The van der Waals surface area contributed by atoms with Gasteiger partial charge in [-0.1, -0.05) is 48.5 Å². The molecule has 0 spiro atoms. The van der Waals surface area contributed by atoms with E-state index >= 15 is 0 Å². The molecule has 1 fully saturated rings. The average molecular weight is 374 g/mol. The van der Waals surface area contributed by atoms with Crippen LogP contribution in [-0.4, -0.2) is 35.8 Å². The van der Waals surface area contributed by atoms with Crippen molar-refractivity contribution >= 4 is 17.5 Å². The number of ether oxygens (including phenoxy) is 1. The van der Waals surface area contributed by atoms with Gasteiger partial charge in [-0.3, -0.25) is 0 Å². The number of hydrogen-bond acceptors (Lipinski definition) is 5. The third kappa shape index (κ3) is 4.31. The zero-order valence-electron chi connectivity index (χ0n) is 16.2. The number of aromatic nitrogens is 2. The summed E-state index contributed by atoms with van der Waals surface area (Å²) < 4.78 is 5.73. The van der Waals surface area contributed by atoms with Crippen LogP contribution in [0.2, 0.25) is 0 Å². The number of nitrogens with zero attached hydrogens (tertiary/aromatic N) is 3. The first-order valence-corrected chi connectivity index (χ1v) is 9.96. The van der Waals surface area contributed by atoms with Crippen LogP contribution in [0.3, 0.4) is 0 Å². The first-order valence-electron chi connectivity index (χ1n) is 9.96. The van der Waals surface area contributed by atoms with Crippen LogP contribution >= 0.6 is 0 Å². The molecule has 144 valence electrons. The van der Waals surface area contributed by atoms with Crippen LogP contribution in [0.25, 0.3) is 11.3 Å². The summed E-state index contributed by atoms with van der Waals surface area (Å²) in [4.78, 5) is 11.8. The molecule has 1 aromatic heterocycles. The molecule has 4 rings (SSSR count). The molecule has 0 radical (unpaired) electrons. The fraction of sp³-hybridized carbons (Fsp3) is 0.304. The zero-order chi connectivity index (χ0) is 19.2. The summed E-state index contributed by atoms with van der Waals surface area (Å²) >= 11 is 0. The van der Waals surface area contributed by atoms with Crippen molar-refractivity contribution in [1.82, 2.24) is 9.97 Å². The lowest BCUT2D eigenvalue weighted by Crippen LogP contribution is -2.22. The number of hydrogen-bond donors (Lipinski definition) is 1. The minimum Gasteiger partial charge on any atom is -0.376 e. The lowest BCUT2D eigenvalue weighted by molar-refractivity contribution is 0.120. The minimum absolute atomic E-state index is 0.240. The third-order valence-electron chi connectivity index (χ3n) is 4.95. The minimum atomic E-state index is 0.240. The summed E-state index contributed by atoms with van der Waals surface area (Å²) in [7, 11) is 0. The van der Waals surface area contributed by atoms with Gasteiger partial charge in [0.2, 0.25) is 5.95 Å². The van der Waals surface area contributed by atoms with Gasteiger partial charge in [0.1, 0.15) is 5.82 Å². The molecule has 5 nitrogen and oxygen atoms in total. The second kappa shape index (κ2) is 8.85. The van der Waals surface area contributed by atoms with Crippen molar-refractivity contribution < 1.29 is 4.74 Å². The summed E-state index contributed by atoms with van der Waals surface area (Å²) in [6.07, 6.45) is 2.45. The Morgan fingerprint density at radius 1 is 1.04 bits per heavy atom. The highest BCUT2D eigenvalue weighted by atomic mass is 16.5. The van der Waals surface area contributed by atoms with Crippen molar-refractivity contribution in [2.45, 2.75) is 25.9 Å². The lowest BCUT2D eigenvalue weighted by atomic mass is 10.1. The molecule has 0 saturated carbocycles. The van der Waals surface area contributed by atoms with E-state index in [2.05, 4.69) is 47.5 Å². The highest BCUT2D eigenvalue weighted by molar-refractivity contribution is 5.68. The van der Waals surface area contributed by atoms with Crippen molar-refractivity contribution in [3.63, 3.8) is 0 Å². The molecule has 1 N–H and O–H groups in total. The van der Waals surface area contributed by atoms with E-state index in [9.17, 15) is 0 Å². The Hall–Kier alpha value is -2.92. The van der Waals surface area contributed by atoms with Gasteiger partial charge < -0.3 is 15.0 Å². The second-order valence-corrected chi connectivity index (χ2v) is 6.90. The summed E-state index contributed by atoms with van der Waals surface area (Å²) in [5.41, 5.74) is 3.11. The van der Waals surface area contributed by atoms with Gasteiger partial charge in [-0.15, -0.1) is 0 Å². The Balaban J connectivity index is 1.68. The van der Waals surface area contributed by atoms with Crippen LogP contribution in [0.4, 0.5) is 17.5 Å². The Bertz CT molecular complexity index is 880. The Labute approximate surface area is 166 Å². The van der Waals surface area contributed by atoms with E-state index in [1.165, 1.54) is 0 Å². The number of rotatable bonds is 7. The molecule has 1 aliphatic heterocycles. The maximum absolute atomic E-state index is 5.73. The van der Waals surface area contributed by atoms with Crippen LogP contribution in [0.5, 0.6) is 0 Å². The summed E-state index contributed by atoms with van der Waals surface area (Å²) in [5, 5.41) is 3.39. The molecule has 0 bridgehead atoms. The molecule has 2 heterocycles. The van der Waals surface area contributed by atoms with E-state index in [1.807, 2.05) is 36.4 Å². The molecule has 5 heteroatoms. The monoisotopic (exact) mass is 374 g/mol. The quantitative estimate of drug-likeness (QED) is 0.638. The highest BCUT2D eigenvalue weighted by Gasteiger charge is 2.17. The molecular formula is C23H26N4O.